The molecule has 0 amide bonds. The van der Waals surface area contributed by atoms with E-state index in [2.05, 4.69) is 29.4 Å². The molecule has 0 saturated carbocycles. The molecule has 0 bridgehead atoms. The van der Waals surface area contributed by atoms with Crippen LogP contribution < -0.4 is 5.73 Å². The Morgan fingerprint density at radius 1 is 1.00 bits per heavy atom. The van der Waals surface area contributed by atoms with Gasteiger partial charge in [-0.3, -0.25) is 0 Å². The van der Waals surface area contributed by atoms with Crippen molar-refractivity contribution in [2.75, 3.05) is 5.73 Å². The van der Waals surface area contributed by atoms with Crippen LogP contribution >= 0.6 is 0 Å². The number of nitrogens with zero attached hydrogens (tertiary/aromatic N) is 3. The van der Waals surface area contributed by atoms with Crippen LogP contribution in [0.3, 0.4) is 0 Å². The monoisotopic (exact) mass is 264 g/mol. The van der Waals surface area contributed by atoms with Crippen molar-refractivity contribution in [1.29, 1.82) is 0 Å². The first kappa shape index (κ1) is 12.4. The Labute approximate surface area is 117 Å². The molecule has 0 aliphatic rings. The Balaban J connectivity index is 2.01. The van der Waals surface area contributed by atoms with Crippen molar-refractivity contribution in [1.82, 2.24) is 15.0 Å². The van der Waals surface area contributed by atoms with Gasteiger partial charge in [-0.1, -0.05) is 54.6 Å². The molecule has 4 nitrogen and oxygen atoms in total. The van der Waals surface area contributed by atoms with Crippen LogP contribution in [0.25, 0.3) is 16.9 Å². The fraction of sp³-hybridized carbons (Fsp3) is 0.125. The van der Waals surface area contributed by atoms with E-state index in [1.165, 1.54) is 5.56 Å². The maximum Gasteiger partial charge on any atom is 0.155 e. The van der Waals surface area contributed by atoms with Crippen LogP contribution in [-0.4, -0.2) is 15.0 Å². The number of nitrogen functional groups attached to an aromatic ring is 1. The van der Waals surface area contributed by atoms with Gasteiger partial charge in [-0.25, -0.2) is 0 Å². The van der Waals surface area contributed by atoms with E-state index in [1.807, 2.05) is 42.5 Å². The van der Waals surface area contributed by atoms with E-state index < -0.39 is 0 Å². The lowest BCUT2D eigenvalue weighted by molar-refractivity contribution is 0.810. The van der Waals surface area contributed by atoms with Crippen LogP contribution in [0.5, 0.6) is 0 Å². The first-order valence-corrected chi connectivity index (χ1v) is 6.65. The van der Waals surface area contributed by atoms with Gasteiger partial charge < -0.3 is 5.73 Å². The third-order valence-electron chi connectivity index (χ3n) is 3.34. The predicted octanol–water partition coefficient (Wildman–Crippen LogP) is 3.08. The van der Waals surface area contributed by atoms with Crippen molar-refractivity contribution in [2.45, 2.75) is 13.3 Å². The lowest BCUT2D eigenvalue weighted by Crippen LogP contribution is -2.02. The summed E-state index contributed by atoms with van der Waals surface area (Å²) < 4.78 is 1.67. The Bertz CT molecular complexity index is 699. The minimum absolute atomic E-state index is 0.556. The Hall–Kier alpha value is -2.62. The molecule has 0 unspecified atom stereocenters. The summed E-state index contributed by atoms with van der Waals surface area (Å²) in [5.74, 6) is 0.556. The minimum atomic E-state index is 0.556. The van der Waals surface area contributed by atoms with Crippen molar-refractivity contribution < 1.29 is 0 Å². The Morgan fingerprint density at radius 2 is 1.70 bits per heavy atom. The van der Waals surface area contributed by atoms with E-state index in [0.717, 1.165) is 17.7 Å². The molecule has 20 heavy (non-hydrogen) atoms. The van der Waals surface area contributed by atoms with Crippen molar-refractivity contribution in [3.05, 3.63) is 60.2 Å². The van der Waals surface area contributed by atoms with Crippen molar-refractivity contribution >= 4 is 5.82 Å². The number of anilines is 1. The molecule has 2 N–H and O–H groups in total. The first-order chi connectivity index (χ1) is 9.79. The van der Waals surface area contributed by atoms with E-state index in [-0.39, 0.29) is 0 Å². The number of benzene rings is 2. The zero-order valence-corrected chi connectivity index (χ0v) is 11.3. The van der Waals surface area contributed by atoms with Crippen LogP contribution in [0.15, 0.2) is 54.6 Å². The highest BCUT2D eigenvalue weighted by Gasteiger charge is 2.12. The third kappa shape index (κ3) is 2.16. The highest BCUT2D eigenvalue weighted by molar-refractivity contribution is 5.70. The minimum Gasteiger partial charge on any atom is -0.382 e. The van der Waals surface area contributed by atoms with Crippen molar-refractivity contribution in [3.63, 3.8) is 0 Å². The fourth-order valence-corrected chi connectivity index (χ4v) is 2.15. The molecule has 1 heterocycles. The molecule has 3 aromatic rings. The zero-order valence-electron chi connectivity index (χ0n) is 11.3. The van der Waals surface area contributed by atoms with Gasteiger partial charge in [0.1, 0.15) is 5.69 Å². The normalized spacial score (nSPS) is 10.7. The molecular formula is C16H16N4. The second kappa shape index (κ2) is 5.17. The largest absolute Gasteiger partial charge is 0.382 e. The summed E-state index contributed by atoms with van der Waals surface area (Å²) in [5.41, 5.74) is 10.1. The summed E-state index contributed by atoms with van der Waals surface area (Å²) in [5, 5.41) is 8.35. The van der Waals surface area contributed by atoms with Gasteiger partial charge in [0, 0.05) is 5.56 Å². The summed E-state index contributed by atoms with van der Waals surface area (Å²) in [6.07, 6.45) is 1.02. The summed E-state index contributed by atoms with van der Waals surface area (Å²) in [4.78, 5) is 0. The standard InChI is InChI=1S/C16H16N4/c1-2-12-8-10-14(11-9-12)20-16(17)15(18-19-20)13-6-4-3-5-7-13/h3-11H,2,17H2,1H3. The van der Waals surface area contributed by atoms with E-state index >= 15 is 0 Å². The number of aryl methyl sites for hydroxylation is 1. The molecule has 3 rings (SSSR count). The van der Waals surface area contributed by atoms with Gasteiger partial charge in [-0.2, -0.15) is 4.68 Å². The van der Waals surface area contributed by atoms with Crippen LogP contribution in [0, 0.1) is 0 Å². The number of hydrogen-bond donors (Lipinski definition) is 1. The average Bonchev–Trinajstić information content (AvgIpc) is 2.90. The summed E-state index contributed by atoms with van der Waals surface area (Å²) >= 11 is 0. The molecule has 2 aromatic carbocycles. The summed E-state index contributed by atoms with van der Waals surface area (Å²) in [6.45, 7) is 2.13. The fourth-order valence-electron chi connectivity index (χ4n) is 2.15. The third-order valence-corrected chi connectivity index (χ3v) is 3.34. The Morgan fingerprint density at radius 3 is 2.35 bits per heavy atom. The molecule has 0 atom stereocenters. The molecule has 1 aromatic heterocycles. The highest BCUT2D eigenvalue weighted by atomic mass is 15.5. The van der Waals surface area contributed by atoms with Crippen LogP contribution in [0.1, 0.15) is 12.5 Å². The molecule has 4 heteroatoms. The predicted molar refractivity (Wildman–Crippen MR) is 80.6 cm³/mol. The number of aromatic nitrogens is 3. The van der Waals surface area contributed by atoms with Gasteiger partial charge >= 0.3 is 0 Å². The van der Waals surface area contributed by atoms with Gasteiger partial charge in [-0.05, 0) is 24.1 Å². The van der Waals surface area contributed by atoms with Gasteiger partial charge in [0.25, 0.3) is 0 Å². The molecule has 0 radical (unpaired) electrons. The van der Waals surface area contributed by atoms with Crippen LogP contribution in [0.4, 0.5) is 5.82 Å². The molecule has 0 saturated heterocycles. The molecule has 0 aliphatic carbocycles. The number of nitrogens with two attached hydrogens (primary N) is 1. The molecule has 0 aliphatic heterocycles. The van der Waals surface area contributed by atoms with Crippen LogP contribution in [-0.2, 0) is 6.42 Å². The van der Waals surface area contributed by atoms with Crippen LogP contribution in [0.2, 0.25) is 0 Å². The zero-order chi connectivity index (χ0) is 13.9. The SMILES string of the molecule is CCc1ccc(-n2nnc(-c3ccccc3)c2N)cc1. The lowest BCUT2D eigenvalue weighted by Gasteiger charge is -2.04. The van der Waals surface area contributed by atoms with E-state index in [0.29, 0.717) is 11.5 Å². The van der Waals surface area contributed by atoms with Gasteiger partial charge in [-0.15, -0.1) is 5.10 Å². The van der Waals surface area contributed by atoms with Gasteiger partial charge in [0.2, 0.25) is 0 Å². The van der Waals surface area contributed by atoms with E-state index in [4.69, 9.17) is 5.73 Å². The molecule has 0 spiro atoms. The van der Waals surface area contributed by atoms with E-state index in [1.54, 1.807) is 4.68 Å². The molecular weight excluding hydrogens is 248 g/mol. The first-order valence-electron chi connectivity index (χ1n) is 6.65. The number of rotatable bonds is 3. The second-order valence-corrected chi connectivity index (χ2v) is 4.62. The van der Waals surface area contributed by atoms with Crippen molar-refractivity contribution in [2.24, 2.45) is 0 Å². The molecule has 0 fully saturated rings. The lowest BCUT2D eigenvalue weighted by atomic mass is 10.1. The van der Waals surface area contributed by atoms with Gasteiger partial charge in [0.15, 0.2) is 5.82 Å². The molecule has 100 valence electrons. The van der Waals surface area contributed by atoms with E-state index in [9.17, 15) is 0 Å². The highest BCUT2D eigenvalue weighted by Crippen LogP contribution is 2.24. The topological polar surface area (TPSA) is 56.7 Å². The summed E-state index contributed by atoms with van der Waals surface area (Å²) in [7, 11) is 0. The van der Waals surface area contributed by atoms with Gasteiger partial charge in [0.05, 0.1) is 5.69 Å². The summed E-state index contributed by atoms with van der Waals surface area (Å²) in [6, 6.07) is 18.0. The number of hydrogen-bond acceptors (Lipinski definition) is 3. The average molecular weight is 264 g/mol. The second-order valence-electron chi connectivity index (χ2n) is 4.62. The smallest absolute Gasteiger partial charge is 0.155 e. The quantitative estimate of drug-likeness (QED) is 0.791. The van der Waals surface area contributed by atoms with Crippen molar-refractivity contribution in [3.8, 4) is 16.9 Å². The maximum absolute atomic E-state index is 6.18. The maximum atomic E-state index is 6.18. The Kier molecular flexibility index (Phi) is 3.21.